The molecule has 0 amide bonds. The van der Waals surface area contributed by atoms with Gasteiger partial charge in [-0.25, -0.2) is 0 Å². The number of carbonyl (C=O) groups excluding carboxylic acids is 1. The SMILES string of the molecule is CC1CN(CC=O)[C@H](C)CN1C(c1ccccc1)c1ccccc1. The van der Waals surface area contributed by atoms with Gasteiger partial charge >= 0.3 is 0 Å². The predicted octanol–water partition coefficient (Wildman–Crippen LogP) is 3.37. The average molecular weight is 322 g/mol. The van der Waals surface area contributed by atoms with Crippen LogP contribution in [0.4, 0.5) is 0 Å². The van der Waals surface area contributed by atoms with E-state index in [0.29, 0.717) is 18.6 Å². The first-order valence-corrected chi connectivity index (χ1v) is 8.74. The summed E-state index contributed by atoms with van der Waals surface area (Å²) in [4.78, 5) is 15.8. The number of nitrogens with zero attached hydrogens (tertiary/aromatic N) is 2. The lowest BCUT2D eigenvalue weighted by molar-refractivity contribution is -0.110. The van der Waals surface area contributed by atoms with Crippen LogP contribution in [0.5, 0.6) is 0 Å². The highest BCUT2D eigenvalue weighted by Gasteiger charge is 2.34. The monoisotopic (exact) mass is 322 g/mol. The summed E-state index contributed by atoms with van der Waals surface area (Å²) in [5.74, 6) is 0. The fraction of sp³-hybridized carbons (Fsp3) is 0.381. The second kappa shape index (κ2) is 7.73. The van der Waals surface area contributed by atoms with Gasteiger partial charge in [-0.3, -0.25) is 9.80 Å². The van der Waals surface area contributed by atoms with E-state index in [1.54, 1.807) is 0 Å². The Hall–Kier alpha value is -1.97. The molecule has 2 atom stereocenters. The molecule has 1 aliphatic rings. The Labute approximate surface area is 144 Å². The van der Waals surface area contributed by atoms with E-state index < -0.39 is 0 Å². The molecule has 1 unspecified atom stereocenters. The summed E-state index contributed by atoms with van der Waals surface area (Å²) in [6.45, 7) is 6.90. The summed E-state index contributed by atoms with van der Waals surface area (Å²) in [6.07, 6.45) is 1.02. The van der Waals surface area contributed by atoms with Crippen LogP contribution in [0, 0.1) is 0 Å². The van der Waals surface area contributed by atoms with Gasteiger partial charge in [0.25, 0.3) is 0 Å². The minimum atomic E-state index is 0.253. The summed E-state index contributed by atoms with van der Waals surface area (Å²) in [7, 11) is 0. The molecule has 24 heavy (non-hydrogen) atoms. The van der Waals surface area contributed by atoms with E-state index in [9.17, 15) is 4.79 Å². The zero-order valence-electron chi connectivity index (χ0n) is 14.5. The largest absolute Gasteiger partial charge is 0.302 e. The third kappa shape index (κ3) is 3.58. The zero-order chi connectivity index (χ0) is 16.9. The highest BCUT2D eigenvalue weighted by molar-refractivity contribution is 5.52. The highest BCUT2D eigenvalue weighted by Crippen LogP contribution is 2.32. The molecule has 1 heterocycles. The van der Waals surface area contributed by atoms with E-state index in [0.717, 1.165) is 19.4 Å². The van der Waals surface area contributed by atoms with Crippen LogP contribution in [0.3, 0.4) is 0 Å². The quantitative estimate of drug-likeness (QED) is 0.789. The number of piperazine rings is 1. The van der Waals surface area contributed by atoms with Crippen molar-refractivity contribution in [2.45, 2.75) is 32.0 Å². The minimum absolute atomic E-state index is 0.253. The van der Waals surface area contributed by atoms with Gasteiger partial charge in [-0.1, -0.05) is 60.7 Å². The van der Waals surface area contributed by atoms with Gasteiger partial charge in [0.15, 0.2) is 0 Å². The fourth-order valence-electron chi connectivity index (χ4n) is 3.78. The summed E-state index contributed by atoms with van der Waals surface area (Å²) < 4.78 is 0. The van der Waals surface area contributed by atoms with Crippen molar-refractivity contribution in [3.8, 4) is 0 Å². The lowest BCUT2D eigenvalue weighted by atomic mass is 9.93. The molecule has 3 rings (SSSR count). The molecule has 0 saturated carbocycles. The molecule has 0 bridgehead atoms. The van der Waals surface area contributed by atoms with E-state index in [2.05, 4.69) is 84.3 Å². The predicted molar refractivity (Wildman–Crippen MR) is 98.0 cm³/mol. The van der Waals surface area contributed by atoms with Crippen LogP contribution in [0.2, 0.25) is 0 Å². The third-order valence-corrected chi connectivity index (χ3v) is 5.03. The fourth-order valence-corrected chi connectivity index (χ4v) is 3.78. The summed E-state index contributed by atoms with van der Waals surface area (Å²) in [5.41, 5.74) is 2.65. The third-order valence-electron chi connectivity index (χ3n) is 5.03. The van der Waals surface area contributed by atoms with E-state index >= 15 is 0 Å². The zero-order valence-corrected chi connectivity index (χ0v) is 14.5. The Balaban J connectivity index is 1.93. The average Bonchev–Trinajstić information content (AvgIpc) is 2.61. The molecule has 1 aliphatic heterocycles. The first-order valence-electron chi connectivity index (χ1n) is 8.74. The maximum Gasteiger partial charge on any atom is 0.133 e. The summed E-state index contributed by atoms with van der Waals surface area (Å²) >= 11 is 0. The van der Waals surface area contributed by atoms with E-state index in [1.807, 2.05) is 0 Å². The summed E-state index contributed by atoms with van der Waals surface area (Å²) in [5, 5.41) is 0. The Morgan fingerprint density at radius 2 is 1.46 bits per heavy atom. The van der Waals surface area contributed by atoms with Gasteiger partial charge in [0.2, 0.25) is 0 Å². The Morgan fingerprint density at radius 3 is 1.96 bits per heavy atom. The van der Waals surface area contributed by atoms with Crippen molar-refractivity contribution in [1.82, 2.24) is 9.80 Å². The Kier molecular flexibility index (Phi) is 5.44. The van der Waals surface area contributed by atoms with Crippen molar-refractivity contribution in [3.05, 3.63) is 71.8 Å². The van der Waals surface area contributed by atoms with E-state index in [1.165, 1.54) is 11.1 Å². The van der Waals surface area contributed by atoms with E-state index in [-0.39, 0.29) is 6.04 Å². The molecule has 3 heteroatoms. The Morgan fingerprint density at radius 1 is 0.917 bits per heavy atom. The smallest absolute Gasteiger partial charge is 0.133 e. The second-order valence-corrected chi connectivity index (χ2v) is 6.74. The minimum Gasteiger partial charge on any atom is -0.302 e. The number of rotatable bonds is 5. The molecule has 0 aromatic heterocycles. The molecule has 0 radical (unpaired) electrons. The van der Waals surface area contributed by atoms with Crippen LogP contribution >= 0.6 is 0 Å². The van der Waals surface area contributed by atoms with Gasteiger partial charge in [-0.2, -0.15) is 0 Å². The van der Waals surface area contributed by atoms with Crippen molar-refractivity contribution in [2.24, 2.45) is 0 Å². The number of benzene rings is 2. The van der Waals surface area contributed by atoms with Crippen LogP contribution in [-0.2, 0) is 4.79 Å². The molecule has 0 N–H and O–H groups in total. The van der Waals surface area contributed by atoms with Crippen molar-refractivity contribution < 1.29 is 4.79 Å². The molecule has 2 aromatic carbocycles. The van der Waals surface area contributed by atoms with Gasteiger partial charge < -0.3 is 4.79 Å². The molecular formula is C21H26N2O. The van der Waals surface area contributed by atoms with Crippen molar-refractivity contribution in [2.75, 3.05) is 19.6 Å². The molecule has 0 spiro atoms. The number of aldehydes is 1. The maximum atomic E-state index is 10.9. The van der Waals surface area contributed by atoms with Crippen molar-refractivity contribution in [1.29, 1.82) is 0 Å². The lowest BCUT2D eigenvalue weighted by Gasteiger charge is -2.47. The standard InChI is InChI=1S/C21H26N2O/c1-17-16-23(18(2)15-22(17)13-14-24)21(19-9-5-3-6-10-19)20-11-7-4-8-12-20/h3-12,14,17-18,21H,13,15-16H2,1-2H3/t17-,18?/m1/s1. The van der Waals surface area contributed by atoms with Gasteiger partial charge in [-0.05, 0) is 25.0 Å². The van der Waals surface area contributed by atoms with Gasteiger partial charge in [-0.15, -0.1) is 0 Å². The first kappa shape index (κ1) is 16.9. The number of carbonyl (C=O) groups is 1. The molecular weight excluding hydrogens is 296 g/mol. The van der Waals surface area contributed by atoms with Gasteiger partial charge in [0.05, 0.1) is 12.6 Å². The molecule has 3 nitrogen and oxygen atoms in total. The Bertz CT molecular complexity index is 604. The molecule has 1 fully saturated rings. The van der Waals surface area contributed by atoms with Crippen LogP contribution in [-0.4, -0.2) is 47.8 Å². The molecule has 0 aliphatic carbocycles. The van der Waals surface area contributed by atoms with Crippen LogP contribution in [0.15, 0.2) is 60.7 Å². The second-order valence-electron chi connectivity index (χ2n) is 6.74. The van der Waals surface area contributed by atoms with Crippen LogP contribution in [0.1, 0.15) is 31.0 Å². The van der Waals surface area contributed by atoms with E-state index in [4.69, 9.17) is 0 Å². The normalized spacial score (nSPS) is 22.6. The highest BCUT2D eigenvalue weighted by atomic mass is 16.1. The topological polar surface area (TPSA) is 23.6 Å². The maximum absolute atomic E-state index is 10.9. The van der Waals surface area contributed by atoms with Crippen molar-refractivity contribution >= 4 is 6.29 Å². The van der Waals surface area contributed by atoms with Gasteiger partial charge in [0, 0.05) is 25.2 Å². The molecule has 2 aromatic rings. The lowest BCUT2D eigenvalue weighted by Crippen LogP contribution is -2.57. The van der Waals surface area contributed by atoms with Crippen molar-refractivity contribution in [3.63, 3.8) is 0 Å². The molecule has 1 saturated heterocycles. The van der Waals surface area contributed by atoms with Gasteiger partial charge in [0.1, 0.15) is 6.29 Å². The number of hydrogen-bond acceptors (Lipinski definition) is 3. The summed E-state index contributed by atoms with van der Waals surface area (Å²) in [6, 6.07) is 22.5. The molecule has 126 valence electrons. The first-order chi connectivity index (χ1) is 11.7. The van der Waals surface area contributed by atoms with Crippen LogP contribution in [0.25, 0.3) is 0 Å². The van der Waals surface area contributed by atoms with Crippen LogP contribution < -0.4 is 0 Å². The number of hydrogen-bond donors (Lipinski definition) is 0.